The minimum absolute atomic E-state index is 0.0542. The number of nitrogens with one attached hydrogen (secondary N) is 1. The number of ether oxygens (including phenoxy) is 3. The SMILES string of the molecule is O=C(O[C@H]1[C@H](F)[C@H](n2cnc3c(N[C@H]4CCc5ccccc54)ncnc32)O[C@@H]1COC(c1ccccc1)(c1ccccc1)c1ccccc1)c1ccccc1. The topological polar surface area (TPSA) is 100 Å². The first-order chi connectivity index (χ1) is 27.1. The molecule has 0 bridgehead atoms. The Morgan fingerprint density at radius 1 is 0.782 bits per heavy atom. The zero-order valence-corrected chi connectivity index (χ0v) is 29.8. The van der Waals surface area contributed by atoms with Crippen molar-refractivity contribution in [2.24, 2.45) is 0 Å². The van der Waals surface area contributed by atoms with Gasteiger partial charge < -0.3 is 19.5 Å². The summed E-state index contributed by atoms with van der Waals surface area (Å²) >= 11 is 0. The van der Waals surface area contributed by atoms with Crippen molar-refractivity contribution in [1.82, 2.24) is 19.5 Å². The minimum atomic E-state index is -1.80. The van der Waals surface area contributed by atoms with Crippen molar-refractivity contribution in [1.29, 1.82) is 0 Å². The molecule has 9 nitrogen and oxygen atoms in total. The van der Waals surface area contributed by atoms with Gasteiger partial charge in [0, 0.05) is 0 Å². The highest BCUT2D eigenvalue weighted by Gasteiger charge is 2.51. The van der Waals surface area contributed by atoms with Gasteiger partial charge in [0.2, 0.25) is 0 Å². The van der Waals surface area contributed by atoms with E-state index in [2.05, 4.69) is 38.5 Å². The van der Waals surface area contributed by atoms with Crippen LogP contribution in [0.15, 0.2) is 158 Å². The molecule has 10 heteroatoms. The summed E-state index contributed by atoms with van der Waals surface area (Å²) in [6, 6.07) is 46.6. The molecule has 3 heterocycles. The van der Waals surface area contributed by atoms with Gasteiger partial charge >= 0.3 is 5.97 Å². The van der Waals surface area contributed by atoms with Crippen molar-refractivity contribution in [3.63, 3.8) is 0 Å². The summed E-state index contributed by atoms with van der Waals surface area (Å²) in [5, 5.41) is 3.55. The maximum atomic E-state index is 17.1. The molecular weight excluding hydrogens is 694 g/mol. The zero-order valence-electron chi connectivity index (χ0n) is 29.8. The molecule has 1 fully saturated rings. The average Bonchev–Trinajstić information content (AvgIpc) is 3.95. The van der Waals surface area contributed by atoms with Gasteiger partial charge in [-0.2, -0.15) is 0 Å². The number of anilines is 1. The summed E-state index contributed by atoms with van der Waals surface area (Å²) in [7, 11) is 0. The third-order valence-electron chi connectivity index (χ3n) is 10.6. The predicted octanol–water partition coefficient (Wildman–Crippen LogP) is 8.40. The summed E-state index contributed by atoms with van der Waals surface area (Å²) in [6.45, 7) is -0.127. The first-order valence-electron chi connectivity index (χ1n) is 18.5. The Hall–Kier alpha value is -6.23. The quantitative estimate of drug-likeness (QED) is 0.105. The molecule has 1 aliphatic carbocycles. The maximum absolute atomic E-state index is 17.1. The van der Waals surface area contributed by atoms with Crippen LogP contribution >= 0.6 is 0 Å². The Morgan fingerprint density at radius 2 is 1.38 bits per heavy atom. The summed E-state index contributed by atoms with van der Waals surface area (Å²) < 4.78 is 38.3. The number of halogens is 1. The van der Waals surface area contributed by atoms with Gasteiger partial charge in [0.1, 0.15) is 18.0 Å². The minimum Gasteiger partial charge on any atom is -0.453 e. The Labute approximate surface area is 317 Å². The lowest BCUT2D eigenvalue weighted by Crippen LogP contribution is -2.41. The number of benzene rings is 5. The Morgan fingerprint density at radius 3 is 2.04 bits per heavy atom. The molecule has 5 aromatic carbocycles. The second kappa shape index (κ2) is 14.9. The molecule has 1 saturated heterocycles. The monoisotopic (exact) mass is 731 g/mol. The first kappa shape index (κ1) is 34.5. The van der Waals surface area contributed by atoms with Gasteiger partial charge in [-0.1, -0.05) is 133 Å². The van der Waals surface area contributed by atoms with E-state index in [1.807, 2.05) is 97.1 Å². The molecule has 0 radical (unpaired) electrons. The highest BCUT2D eigenvalue weighted by atomic mass is 19.1. The maximum Gasteiger partial charge on any atom is 0.338 e. The molecule has 55 heavy (non-hydrogen) atoms. The largest absolute Gasteiger partial charge is 0.453 e. The van der Waals surface area contributed by atoms with Gasteiger partial charge in [-0.05, 0) is 52.8 Å². The highest BCUT2D eigenvalue weighted by Crippen LogP contribution is 2.43. The number of hydrogen-bond acceptors (Lipinski definition) is 8. The molecule has 9 rings (SSSR count). The van der Waals surface area contributed by atoms with E-state index in [0.29, 0.717) is 22.5 Å². The second-order valence-electron chi connectivity index (χ2n) is 13.8. The van der Waals surface area contributed by atoms with Crippen molar-refractivity contribution in [3.05, 3.63) is 192 Å². The van der Waals surface area contributed by atoms with Crippen LogP contribution in [0.3, 0.4) is 0 Å². The Kier molecular flexibility index (Phi) is 9.35. The third-order valence-corrected chi connectivity index (χ3v) is 10.6. The van der Waals surface area contributed by atoms with Crippen LogP contribution in [0.1, 0.15) is 56.9 Å². The zero-order chi connectivity index (χ0) is 37.2. The van der Waals surface area contributed by atoms with Crippen LogP contribution in [0.4, 0.5) is 10.2 Å². The van der Waals surface area contributed by atoms with Crippen LogP contribution in [0.2, 0.25) is 0 Å². The van der Waals surface area contributed by atoms with Crippen molar-refractivity contribution >= 4 is 23.0 Å². The van der Waals surface area contributed by atoms with Crippen molar-refractivity contribution in [2.45, 2.75) is 49.1 Å². The van der Waals surface area contributed by atoms with E-state index < -0.39 is 36.2 Å². The number of aryl methyl sites for hydroxylation is 1. The number of rotatable bonds is 11. The molecule has 0 spiro atoms. The highest BCUT2D eigenvalue weighted by molar-refractivity contribution is 5.89. The fraction of sp³-hybridized carbons (Fsp3) is 0.200. The molecule has 2 aliphatic rings. The number of carbonyl (C=O) groups is 1. The summed E-state index contributed by atoms with van der Waals surface area (Å²) in [5.41, 5.74) is 5.20. The van der Waals surface area contributed by atoms with E-state index in [9.17, 15) is 4.79 Å². The summed E-state index contributed by atoms with van der Waals surface area (Å²) in [6.07, 6.45) is -0.564. The van der Waals surface area contributed by atoms with E-state index in [0.717, 1.165) is 29.5 Å². The molecule has 2 aromatic heterocycles. The van der Waals surface area contributed by atoms with E-state index >= 15 is 4.39 Å². The van der Waals surface area contributed by atoms with Crippen molar-refractivity contribution < 1.29 is 23.4 Å². The van der Waals surface area contributed by atoms with Crippen LogP contribution in [-0.2, 0) is 26.2 Å². The number of carbonyl (C=O) groups excluding carboxylic acids is 1. The fourth-order valence-corrected chi connectivity index (χ4v) is 7.95. The lowest BCUT2D eigenvalue weighted by Gasteiger charge is -2.37. The number of fused-ring (bicyclic) bond motifs is 2. The first-order valence-corrected chi connectivity index (χ1v) is 18.5. The Balaban J connectivity index is 1.07. The van der Waals surface area contributed by atoms with Gasteiger partial charge in [-0.3, -0.25) is 4.57 Å². The molecular formula is C45H38FN5O4. The van der Waals surface area contributed by atoms with Gasteiger partial charge in [0.15, 0.2) is 35.5 Å². The summed E-state index contributed by atoms with van der Waals surface area (Å²) in [5.74, 6) is -0.117. The predicted molar refractivity (Wildman–Crippen MR) is 206 cm³/mol. The van der Waals surface area contributed by atoms with E-state index in [-0.39, 0.29) is 12.6 Å². The average molecular weight is 732 g/mol. The number of aromatic nitrogens is 4. The third kappa shape index (κ3) is 6.43. The molecule has 0 unspecified atom stereocenters. The molecule has 274 valence electrons. The summed E-state index contributed by atoms with van der Waals surface area (Å²) in [4.78, 5) is 27.2. The van der Waals surface area contributed by atoms with Gasteiger partial charge in [0.25, 0.3) is 0 Å². The normalized spacial score (nSPS) is 20.6. The van der Waals surface area contributed by atoms with Crippen LogP contribution in [0.5, 0.6) is 0 Å². The molecule has 1 aliphatic heterocycles. The van der Waals surface area contributed by atoms with Crippen LogP contribution in [0.25, 0.3) is 11.2 Å². The fourth-order valence-electron chi connectivity index (χ4n) is 7.95. The van der Waals surface area contributed by atoms with E-state index in [1.54, 1.807) is 34.9 Å². The second-order valence-corrected chi connectivity index (χ2v) is 13.8. The lowest BCUT2D eigenvalue weighted by molar-refractivity contribution is -0.0957. The van der Waals surface area contributed by atoms with E-state index in [4.69, 9.17) is 14.2 Å². The Bertz CT molecular complexity index is 2300. The van der Waals surface area contributed by atoms with E-state index in [1.165, 1.54) is 23.8 Å². The smallest absolute Gasteiger partial charge is 0.338 e. The molecule has 5 atom stereocenters. The number of hydrogen-bond donors (Lipinski definition) is 1. The number of nitrogens with zero attached hydrogens (tertiary/aromatic N) is 4. The van der Waals surface area contributed by atoms with Crippen LogP contribution in [-0.4, -0.2) is 50.5 Å². The van der Waals surface area contributed by atoms with Crippen LogP contribution < -0.4 is 5.32 Å². The number of esters is 1. The standard InChI is InChI=1S/C45H38FN5O4/c46-38-40(55-44(52)31-16-5-1-6-17-31)37(27-53-45(32-18-7-2-8-19-32,33-20-9-3-10-21-33)34-22-11-4-12-23-34)54-43(38)51-29-49-39-41(47-28-48-42(39)51)50-36-26-25-30-15-13-14-24-35(30)36/h1-24,28-29,36-38,40,43H,25-27H2,(H,47,48,50)/t36-,37+,38-,40+,43+/m0/s1. The molecule has 0 amide bonds. The molecule has 7 aromatic rings. The number of imidazole rings is 1. The number of alkyl halides is 1. The van der Waals surface area contributed by atoms with Gasteiger partial charge in [-0.15, -0.1) is 0 Å². The van der Waals surface area contributed by atoms with Crippen LogP contribution in [0, 0.1) is 0 Å². The van der Waals surface area contributed by atoms with Gasteiger partial charge in [-0.25, -0.2) is 24.1 Å². The van der Waals surface area contributed by atoms with Crippen molar-refractivity contribution in [3.8, 4) is 0 Å². The van der Waals surface area contributed by atoms with Crippen molar-refractivity contribution in [2.75, 3.05) is 11.9 Å². The molecule has 1 N–H and O–H groups in total. The molecule has 0 saturated carbocycles. The lowest BCUT2D eigenvalue weighted by atomic mass is 9.80. The van der Waals surface area contributed by atoms with Gasteiger partial charge in [0.05, 0.1) is 24.5 Å².